The highest BCUT2D eigenvalue weighted by molar-refractivity contribution is 7.45. The molecule has 68 heavy (non-hydrogen) atoms. The number of aliphatic hydroxyl groups excluding tert-OH is 1. The maximum absolute atomic E-state index is 12.9. The fourth-order valence-electron chi connectivity index (χ4n) is 6.95. The van der Waals surface area contributed by atoms with Crippen LogP contribution in [0.25, 0.3) is 0 Å². The van der Waals surface area contributed by atoms with E-state index < -0.39 is 26.6 Å². The number of amides is 1. The highest BCUT2D eigenvalue weighted by atomic mass is 31.2. The van der Waals surface area contributed by atoms with Crippen molar-refractivity contribution < 1.29 is 32.9 Å². The van der Waals surface area contributed by atoms with Crippen LogP contribution in [0.5, 0.6) is 0 Å². The van der Waals surface area contributed by atoms with E-state index >= 15 is 0 Å². The molecule has 3 unspecified atom stereocenters. The predicted molar refractivity (Wildman–Crippen MR) is 292 cm³/mol. The van der Waals surface area contributed by atoms with Crippen molar-refractivity contribution in [1.29, 1.82) is 0 Å². The minimum Gasteiger partial charge on any atom is -0.756 e. The topological polar surface area (TPSA) is 108 Å². The first-order valence-corrected chi connectivity index (χ1v) is 28.4. The molecule has 0 heterocycles. The number of nitrogens with zero attached hydrogens (tertiary/aromatic N) is 1. The molecular formula is C59H101N2O6P. The van der Waals surface area contributed by atoms with Crippen LogP contribution < -0.4 is 10.2 Å². The van der Waals surface area contributed by atoms with E-state index in [9.17, 15) is 19.4 Å². The van der Waals surface area contributed by atoms with Crippen LogP contribution in [0.2, 0.25) is 0 Å². The summed E-state index contributed by atoms with van der Waals surface area (Å²) in [5.74, 6) is -0.237. The Kier molecular flexibility index (Phi) is 46.7. The summed E-state index contributed by atoms with van der Waals surface area (Å²) in [6.07, 6.45) is 72.6. The number of hydrogen-bond donors (Lipinski definition) is 2. The molecule has 8 nitrogen and oxygen atoms in total. The number of phosphoric ester groups is 1. The van der Waals surface area contributed by atoms with E-state index in [2.05, 4.69) is 129 Å². The van der Waals surface area contributed by atoms with Crippen LogP contribution in [0.15, 0.2) is 122 Å². The van der Waals surface area contributed by atoms with E-state index in [-0.39, 0.29) is 12.5 Å². The molecule has 0 aromatic heterocycles. The van der Waals surface area contributed by atoms with Crippen LogP contribution in [0, 0.1) is 0 Å². The maximum atomic E-state index is 12.9. The Morgan fingerprint density at radius 1 is 0.529 bits per heavy atom. The number of carbonyl (C=O) groups is 1. The van der Waals surface area contributed by atoms with Gasteiger partial charge in [0.15, 0.2) is 0 Å². The second-order valence-corrected chi connectivity index (χ2v) is 20.2. The Hall–Kier alpha value is -3.10. The molecule has 0 aromatic carbocycles. The smallest absolute Gasteiger partial charge is 0.268 e. The third kappa shape index (κ3) is 50.8. The fraction of sp³-hybridized carbons (Fsp3) is 0.644. The van der Waals surface area contributed by atoms with Gasteiger partial charge in [0.2, 0.25) is 5.91 Å². The number of phosphoric acid groups is 1. The standard InChI is InChI=1S/C59H101N2O6P/c1-6-8-10-12-14-16-18-20-22-24-25-26-27-28-29-30-31-32-33-34-35-37-39-41-43-45-47-49-51-53-59(63)60-57(56-67-68(64,65)66-55-54-61(3,4)5)58(62)52-50-48-46-44-42-40-38-36-23-21-19-17-15-13-11-9-7-2/h8,10,14,16,20,22,25-26,28-29,31-32,34-35,39,41-42,44,50,52,57-58,62H,6-7,9,11-13,15,17-19,21,23-24,27,30,33,36-38,40,43,45-49,51,53-56H2,1-5H3,(H-,60,63,64,65)/b10-8-,16-14-,22-20-,26-25-,29-28-,32-31-,35-34-,41-39-,44-42+,52-50+. The Bertz CT molecular complexity index is 1510. The number of carbonyl (C=O) groups excluding carboxylic acids is 1. The van der Waals surface area contributed by atoms with Crippen molar-refractivity contribution in [1.82, 2.24) is 5.32 Å². The summed E-state index contributed by atoms with van der Waals surface area (Å²) in [7, 11) is 1.20. The molecular weight excluding hydrogens is 864 g/mol. The van der Waals surface area contributed by atoms with Gasteiger partial charge in [-0.3, -0.25) is 9.36 Å². The van der Waals surface area contributed by atoms with Crippen LogP contribution in [-0.2, 0) is 18.4 Å². The zero-order valence-corrected chi connectivity index (χ0v) is 44.9. The molecule has 0 aliphatic heterocycles. The van der Waals surface area contributed by atoms with Gasteiger partial charge < -0.3 is 28.8 Å². The van der Waals surface area contributed by atoms with Gasteiger partial charge >= 0.3 is 0 Å². The lowest BCUT2D eigenvalue weighted by molar-refractivity contribution is -0.870. The second-order valence-electron chi connectivity index (χ2n) is 18.8. The monoisotopic (exact) mass is 965 g/mol. The summed E-state index contributed by atoms with van der Waals surface area (Å²) in [6.45, 7) is 4.47. The van der Waals surface area contributed by atoms with Gasteiger partial charge in [0.05, 0.1) is 39.9 Å². The molecule has 0 fully saturated rings. The van der Waals surface area contributed by atoms with Crippen molar-refractivity contribution in [3.63, 3.8) is 0 Å². The first-order valence-electron chi connectivity index (χ1n) is 26.9. The Balaban J connectivity index is 4.39. The van der Waals surface area contributed by atoms with Crippen molar-refractivity contribution in [2.75, 3.05) is 40.9 Å². The first-order chi connectivity index (χ1) is 33.0. The van der Waals surface area contributed by atoms with Crippen LogP contribution in [0.1, 0.15) is 194 Å². The van der Waals surface area contributed by atoms with Gasteiger partial charge in [0.1, 0.15) is 13.2 Å². The molecule has 1 amide bonds. The Morgan fingerprint density at radius 2 is 0.912 bits per heavy atom. The molecule has 3 atom stereocenters. The van der Waals surface area contributed by atoms with E-state index in [0.29, 0.717) is 23.9 Å². The summed E-state index contributed by atoms with van der Waals surface area (Å²) in [5, 5.41) is 13.8. The normalized spacial score (nSPS) is 15.0. The third-order valence-corrected chi connectivity index (χ3v) is 12.1. The lowest BCUT2D eigenvalue weighted by atomic mass is 10.1. The van der Waals surface area contributed by atoms with Gasteiger partial charge in [-0.25, -0.2) is 0 Å². The molecule has 0 aliphatic rings. The number of allylic oxidation sites excluding steroid dienone is 19. The lowest BCUT2D eigenvalue weighted by Crippen LogP contribution is -2.45. The van der Waals surface area contributed by atoms with Crippen molar-refractivity contribution in [2.24, 2.45) is 0 Å². The SMILES string of the molecule is CC/C=C\C/C=C\C/C=C\C/C=C\C/C=C\C/C=C\C/C=C\C/C=C\CCCCCCC(=O)NC(COP(=O)([O-])OCC[N+](C)(C)C)C(O)/C=C/CC/C=C/CCCCCCCCCCCCC. The molecule has 2 N–H and O–H groups in total. The molecule has 0 bridgehead atoms. The highest BCUT2D eigenvalue weighted by Gasteiger charge is 2.23. The van der Waals surface area contributed by atoms with Crippen LogP contribution >= 0.6 is 7.82 Å². The summed E-state index contributed by atoms with van der Waals surface area (Å²) >= 11 is 0. The Labute approximate surface area is 418 Å². The molecule has 0 rings (SSSR count). The number of unbranched alkanes of at least 4 members (excludes halogenated alkanes) is 16. The molecule has 388 valence electrons. The number of rotatable bonds is 47. The van der Waals surface area contributed by atoms with Gasteiger partial charge in [-0.05, 0) is 96.3 Å². The van der Waals surface area contributed by atoms with Crippen molar-refractivity contribution in [3.8, 4) is 0 Å². The number of aliphatic hydroxyl groups is 1. The van der Waals surface area contributed by atoms with Gasteiger partial charge in [0, 0.05) is 6.42 Å². The fourth-order valence-corrected chi connectivity index (χ4v) is 7.67. The summed E-state index contributed by atoms with van der Waals surface area (Å²) in [4.78, 5) is 25.4. The van der Waals surface area contributed by atoms with E-state index in [1.165, 1.54) is 70.6 Å². The Morgan fingerprint density at radius 3 is 1.37 bits per heavy atom. The predicted octanol–water partition coefficient (Wildman–Crippen LogP) is 15.6. The van der Waals surface area contributed by atoms with Crippen molar-refractivity contribution in [2.45, 2.75) is 206 Å². The molecule has 0 aliphatic carbocycles. The average Bonchev–Trinajstić information content (AvgIpc) is 3.30. The minimum atomic E-state index is -4.62. The van der Waals surface area contributed by atoms with Crippen LogP contribution in [0.3, 0.4) is 0 Å². The molecule has 0 aromatic rings. The van der Waals surface area contributed by atoms with Gasteiger partial charge in [-0.15, -0.1) is 0 Å². The van der Waals surface area contributed by atoms with Gasteiger partial charge in [-0.2, -0.15) is 0 Å². The third-order valence-electron chi connectivity index (χ3n) is 11.2. The minimum absolute atomic E-state index is 0.0187. The largest absolute Gasteiger partial charge is 0.756 e. The summed E-state index contributed by atoms with van der Waals surface area (Å²) < 4.78 is 23.3. The number of hydrogen-bond acceptors (Lipinski definition) is 6. The average molecular weight is 965 g/mol. The van der Waals surface area contributed by atoms with E-state index in [4.69, 9.17) is 9.05 Å². The van der Waals surface area contributed by atoms with Gasteiger partial charge in [-0.1, -0.05) is 212 Å². The van der Waals surface area contributed by atoms with E-state index in [0.717, 1.165) is 96.3 Å². The van der Waals surface area contributed by atoms with E-state index in [1.54, 1.807) is 6.08 Å². The molecule has 0 radical (unpaired) electrons. The number of quaternary nitrogens is 1. The highest BCUT2D eigenvalue weighted by Crippen LogP contribution is 2.38. The summed E-state index contributed by atoms with van der Waals surface area (Å²) in [6, 6.07) is -0.926. The first kappa shape index (κ1) is 64.9. The van der Waals surface area contributed by atoms with Crippen molar-refractivity contribution in [3.05, 3.63) is 122 Å². The zero-order chi connectivity index (χ0) is 49.9. The molecule has 0 saturated carbocycles. The zero-order valence-electron chi connectivity index (χ0n) is 44.0. The lowest BCUT2D eigenvalue weighted by Gasteiger charge is -2.29. The van der Waals surface area contributed by atoms with Gasteiger partial charge in [0.25, 0.3) is 7.82 Å². The van der Waals surface area contributed by atoms with Crippen molar-refractivity contribution >= 4 is 13.7 Å². The molecule has 0 spiro atoms. The number of likely N-dealkylation sites (N-methyl/N-ethyl adjacent to an activating group) is 1. The molecule has 9 heteroatoms. The van der Waals surface area contributed by atoms with Crippen LogP contribution in [-0.4, -0.2) is 68.5 Å². The number of nitrogens with one attached hydrogen (secondary N) is 1. The van der Waals surface area contributed by atoms with Crippen LogP contribution in [0.4, 0.5) is 0 Å². The van der Waals surface area contributed by atoms with E-state index in [1.807, 2.05) is 27.2 Å². The molecule has 0 saturated heterocycles. The quantitative estimate of drug-likeness (QED) is 0.0272. The maximum Gasteiger partial charge on any atom is 0.268 e. The summed E-state index contributed by atoms with van der Waals surface area (Å²) in [5.41, 5.74) is 0. The second kappa shape index (κ2) is 48.9.